The molecule has 18 heavy (non-hydrogen) atoms. The van der Waals surface area contributed by atoms with Gasteiger partial charge in [0.05, 0.1) is 12.4 Å². The maximum absolute atomic E-state index is 6.14. The molecule has 98 valence electrons. The quantitative estimate of drug-likeness (QED) is 0.855. The highest BCUT2D eigenvalue weighted by atomic mass is 35.5. The third-order valence-electron chi connectivity index (χ3n) is 2.83. The van der Waals surface area contributed by atoms with Crippen LogP contribution in [0.2, 0.25) is 5.15 Å². The fraction of sp³-hybridized carbons (Fsp3) is 0.615. The zero-order chi connectivity index (χ0) is 13.3. The van der Waals surface area contributed by atoms with Crippen molar-refractivity contribution in [1.82, 2.24) is 19.6 Å². The molecule has 0 spiro atoms. The summed E-state index contributed by atoms with van der Waals surface area (Å²) in [5.74, 6) is 1.45. The topological polar surface area (TPSA) is 43.1 Å². The molecule has 0 fully saturated rings. The number of fused-ring (bicyclic) bond motifs is 1. The number of hydrogen-bond acceptors (Lipinski definition) is 3. The van der Waals surface area contributed by atoms with Gasteiger partial charge >= 0.3 is 0 Å². The summed E-state index contributed by atoms with van der Waals surface area (Å²) in [5.41, 5.74) is 1.03. The lowest BCUT2D eigenvalue weighted by Gasteiger charge is -2.22. The maximum Gasteiger partial charge on any atom is 0.180 e. The summed E-state index contributed by atoms with van der Waals surface area (Å²) >= 11 is 6.14. The van der Waals surface area contributed by atoms with Gasteiger partial charge in [-0.1, -0.05) is 39.3 Å². The summed E-state index contributed by atoms with van der Waals surface area (Å²) in [5, 5.41) is 8.87. The summed E-state index contributed by atoms with van der Waals surface area (Å²) in [6, 6.07) is 0. The predicted octanol–water partition coefficient (Wildman–Crippen LogP) is 3.39. The fourth-order valence-corrected chi connectivity index (χ4v) is 2.67. The monoisotopic (exact) mass is 266 g/mol. The molecule has 0 bridgehead atoms. The average molecular weight is 267 g/mol. The standard InChI is InChI=1S/C13H19ClN4/c1-9(6-13(2,3)4)5-11-16-17-12-8-15-7-10(14)18(11)12/h7-9H,5-6H2,1-4H3. The van der Waals surface area contributed by atoms with Crippen LogP contribution in [0.4, 0.5) is 0 Å². The highest BCUT2D eigenvalue weighted by Gasteiger charge is 2.18. The lowest BCUT2D eigenvalue weighted by molar-refractivity contribution is 0.303. The van der Waals surface area contributed by atoms with Crippen molar-refractivity contribution < 1.29 is 0 Å². The van der Waals surface area contributed by atoms with E-state index in [0.717, 1.165) is 18.7 Å². The van der Waals surface area contributed by atoms with E-state index >= 15 is 0 Å². The van der Waals surface area contributed by atoms with Gasteiger partial charge in [-0.25, -0.2) is 0 Å². The Kier molecular flexibility index (Phi) is 3.57. The summed E-state index contributed by atoms with van der Waals surface area (Å²) in [6.45, 7) is 8.99. The first kappa shape index (κ1) is 13.3. The van der Waals surface area contributed by atoms with Crippen molar-refractivity contribution in [2.45, 2.75) is 40.5 Å². The first-order valence-electron chi connectivity index (χ1n) is 6.20. The zero-order valence-corrected chi connectivity index (χ0v) is 12.1. The van der Waals surface area contributed by atoms with Gasteiger partial charge < -0.3 is 0 Å². The van der Waals surface area contributed by atoms with Gasteiger partial charge in [-0.05, 0) is 17.8 Å². The first-order chi connectivity index (χ1) is 8.37. The van der Waals surface area contributed by atoms with Crippen LogP contribution in [0, 0.1) is 11.3 Å². The number of nitrogens with zero attached hydrogens (tertiary/aromatic N) is 4. The normalized spacial score (nSPS) is 14.1. The van der Waals surface area contributed by atoms with E-state index in [1.165, 1.54) is 0 Å². The maximum atomic E-state index is 6.14. The Bertz CT molecular complexity index is 541. The van der Waals surface area contributed by atoms with Crippen LogP contribution in [-0.4, -0.2) is 19.6 Å². The molecule has 0 radical (unpaired) electrons. The molecule has 2 rings (SSSR count). The molecule has 4 nitrogen and oxygen atoms in total. The Labute approximate surface area is 112 Å². The molecule has 2 aromatic rings. The minimum atomic E-state index is 0.325. The van der Waals surface area contributed by atoms with Crippen LogP contribution in [-0.2, 0) is 6.42 Å². The second-order valence-corrected chi connectivity index (χ2v) is 6.50. The van der Waals surface area contributed by atoms with Crippen molar-refractivity contribution in [3.63, 3.8) is 0 Å². The lowest BCUT2D eigenvalue weighted by Crippen LogP contribution is -2.14. The van der Waals surface area contributed by atoms with Crippen LogP contribution in [0.3, 0.4) is 0 Å². The number of hydrogen-bond donors (Lipinski definition) is 0. The zero-order valence-electron chi connectivity index (χ0n) is 11.3. The van der Waals surface area contributed by atoms with E-state index in [0.29, 0.717) is 22.1 Å². The van der Waals surface area contributed by atoms with Crippen LogP contribution in [0.5, 0.6) is 0 Å². The van der Waals surface area contributed by atoms with Gasteiger partial charge in [-0.2, -0.15) is 0 Å². The summed E-state index contributed by atoms with van der Waals surface area (Å²) in [7, 11) is 0. The van der Waals surface area contributed by atoms with Crippen LogP contribution in [0.15, 0.2) is 12.4 Å². The van der Waals surface area contributed by atoms with Crippen LogP contribution >= 0.6 is 11.6 Å². The van der Waals surface area contributed by atoms with Crippen molar-refractivity contribution >= 4 is 17.2 Å². The summed E-state index contributed by atoms with van der Waals surface area (Å²) < 4.78 is 1.87. The van der Waals surface area contributed by atoms with Crippen molar-refractivity contribution in [3.05, 3.63) is 23.4 Å². The van der Waals surface area contributed by atoms with Gasteiger partial charge in [0.25, 0.3) is 0 Å². The van der Waals surface area contributed by atoms with E-state index in [2.05, 4.69) is 42.9 Å². The minimum Gasteiger partial charge on any atom is -0.266 e. The number of aromatic nitrogens is 4. The molecule has 5 heteroatoms. The van der Waals surface area contributed by atoms with E-state index in [1.807, 2.05) is 4.40 Å². The Hall–Kier alpha value is -1.16. The fourth-order valence-electron chi connectivity index (χ4n) is 2.43. The molecule has 0 aromatic carbocycles. The second kappa shape index (κ2) is 4.84. The molecule has 1 unspecified atom stereocenters. The van der Waals surface area contributed by atoms with E-state index in [9.17, 15) is 0 Å². The Morgan fingerprint density at radius 3 is 2.67 bits per heavy atom. The molecular formula is C13H19ClN4. The van der Waals surface area contributed by atoms with Crippen LogP contribution < -0.4 is 0 Å². The lowest BCUT2D eigenvalue weighted by atomic mass is 9.84. The average Bonchev–Trinajstić information content (AvgIpc) is 2.59. The largest absolute Gasteiger partial charge is 0.266 e. The molecule has 0 aliphatic carbocycles. The third kappa shape index (κ3) is 2.99. The van der Waals surface area contributed by atoms with Crippen molar-refractivity contribution in [3.8, 4) is 0 Å². The van der Waals surface area contributed by atoms with E-state index in [1.54, 1.807) is 12.4 Å². The predicted molar refractivity (Wildman–Crippen MR) is 72.7 cm³/mol. The van der Waals surface area contributed by atoms with Crippen LogP contribution in [0.1, 0.15) is 39.9 Å². The number of halogens is 1. The molecule has 0 amide bonds. The van der Waals surface area contributed by atoms with Crippen LogP contribution in [0.25, 0.3) is 5.65 Å². The van der Waals surface area contributed by atoms with Crippen molar-refractivity contribution in [1.29, 1.82) is 0 Å². The van der Waals surface area contributed by atoms with Gasteiger partial charge in [0.1, 0.15) is 11.0 Å². The summed E-state index contributed by atoms with van der Waals surface area (Å²) in [6.07, 6.45) is 5.32. The Morgan fingerprint density at radius 1 is 1.28 bits per heavy atom. The van der Waals surface area contributed by atoms with E-state index in [4.69, 9.17) is 11.6 Å². The molecule has 0 aliphatic rings. The Balaban J connectivity index is 2.22. The molecule has 0 aliphatic heterocycles. The van der Waals surface area contributed by atoms with E-state index in [-0.39, 0.29) is 0 Å². The molecular weight excluding hydrogens is 248 g/mol. The molecule has 0 saturated heterocycles. The molecule has 0 N–H and O–H groups in total. The molecule has 1 atom stereocenters. The van der Waals surface area contributed by atoms with Gasteiger partial charge in [-0.15, -0.1) is 10.2 Å². The van der Waals surface area contributed by atoms with Crippen molar-refractivity contribution in [2.75, 3.05) is 0 Å². The van der Waals surface area contributed by atoms with Gasteiger partial charge in [0.2, 0.25) is 0 Å². The molecule has 2 aromatic heterocycles. The van der Waals surface area contributed by atoms with Gasteiger partial charge in [0.15, 0.2) is 5.65 Å². The highest BCUT2D eigenvalue weighted by Crippen LogP contribution is 2.26. The first-order valence-corrected chi connectivity index (χ1v) is 6.58. The van der Waals surface area contributed by atoms with E-state index < -0.39 is 0 Å². The SMILES string of the molecule is CC(Cc1nnc2cncc(Cl)n12)CC(C)(C)C. The number of rotatable bonds is 3. The van der Waals surface area contributed by atoms with Gasteiger partial charge in [-0.3, -0.25) is 9.38 Å². The highest BCUT2D eigenvalue weighted by molar-refractivity contribution is 6.29. The molecule has 2 heterocycles. The van der Waals surface area contributed by atoms with Gasteiger partial charge in [0, 0.05) is 6.42 Å². The van der Waals surface area contributed by atoms with Crippen molar-refractivity contribution in [2.24, 2.45) is 11.3 Å². The summed E-state index contributed by atoms with van der Waals surface area (Å²) in [4.78, 5) is 4.01. The molecule has 0 saturated carbocycles. The minimum absolute atomic E-state index is 0.325. The smallest absolute Gasteiger partial charge is 0.180 e. The Morgan fingerprint density at radius 2 is 2.00 bits per heavy atom. The second-order valence-electron chi connectivity index (χ2n) is 6.11. The third-order valence-corrected chi connectivity index (χ3v) is 3.10.